The Balaban J connectivity index is 3.02. The van der Waals surface area contributed by atoms with Gasteiger partial charge in [0.25, 0.3) is 0 Å². The van der Waals surface area contributed by atoms with Crippen molar-refractivity contribution in [2.75, 3.05) is 0 Å². The fraction of sp³-hybridized carbons (Fsp3) is 1.00. The minimum atomic E-state index is -3.86. The molecule has 0 aromatic heterocycles. The Morgan fingerprint density at radius 2 is 1.20 bits per heavy atom. The first-order valence-electron chi connectivity index (χ1n) is 1.07. The molecule has 0 aliphatic rings. The molecule has 0 aliphatic heterocycles. The second kappa shape index (κ2) is 1.13. The van der Waals surface area contributed by atoms with Crippen molar-refractivity contribution < 1.29 is 13.2 Å². The first kappa shape index (κ1) is 5.22. The molecule has 0 heterocycles. The van der Waals surface area contributed by atoms with E-state index < -0.39 is 15.2 Å². The summed E-state index contributed by atoms with van der Waals surface area (Å²) in [5, 5.41) is 0. The molecule has 0 unspecified atom stereocenters. The van der Waals surface area contributed by atoms with Crippen molar-refractivity contribution in [3.05, 3.63) is 0 Å². The average molecular weight is 104 g/mol. The molecule has 0 aliphatic carbocycles. The van der Waals surface area contributed by atoms with Gasteiger partial charge in [-0.2, -0.15) is 0 Å². The van der Waals surface area contributed by atoms with Crippen LogP contribution in [0.3, 0.4) is 0 Å². The van der Waals surface area contributed by atoms with Crippen molar-refractivity contribution >= 4 is 9.24 Å². The van der Waals surface area contributed by atoms with E-state index in [0.29, 0.717) is 0 Å². The van der Waals surface area contributed by atoms with Gasteiger partial charge in [0.1, 0.15) is 0 Å². The molecule has 0 atom stereocenters. The van der Waals surface area contributed by atoms with E-state index in [9.17, 15) is 13.2 Å². The van der Waals surface area contributed by atoms with Gasteiger partial charge in [0.05, 0.1) is 0 Å². The first-order chi connectivity index (χ1) is 2.00. The zero-order chi connectivity index (χ0) is 4.50. The van der Waals surface area contributed by atoms with Crippen LogP contribution < -0.4 is 0 Å². The van der Waals surface area contributed by atoms with Crippen molar-refractivity contribution in [2.45, 2.75) is 5.92 Å². The predicted octanol–water partition coefficient (Wildman–Crippen LogP) is 0.846. The van der Waals surface area contributed by atoms with Crippen molar-refractivity contribution in [2.24, 2.45) is 0 Å². The molecule has 4 heteroatoms. The predicted molar refractivity (Wildman–Crippen MR) is 18.6 cm³/mol. The van der Waals surface area contributed by atoms with Crippen LogP contribution in [-0.2, 0) is 0 Å². The Kier molecular flexibility index (Phi) is 1.18. The van der Waals surface area contributed by atoms with Crippen molar-refractivity contribution in [3.63, 3.8) is 0 Å². The number of halogens is 3. The van der Waals surface area contributed by atoms with Gasteiger partial charge in [-0.15, -0.1) is 0 Å². The standard InChI is InChI=1S/CH4F3P/c2-1(3,4)5/h5H4. The minimum absolute atomic E-state index is 0.692. The number of hydrogen-bond donors (Lipinski definition) is 0. The topological polar surface area (TPSA) is 0 Å². The molecule has 34 valence electrons. The summed E-state index contributed by atoms with van der Waals surface area (Å²) < 4.78 is 31.2. The molecular weight excluding hydrogens is 100.0 g/mol. The fourth-order valence-corrected chi connectivity index (χ4v) is 0. The zero-order valence-electron chi connectivity index (χ0n) is 2.63. The van der Waals surface area contributed by atoms with E-state index in [1.54, 1.807) is 0 Å². The van der Waals surface area contributed by atoms with Crippen LogP contribution in [0.2, 0.25) is 0 Å². The third kappa shape index (κ3) is 430. The number of rotatable bonds is 0. The summed E-state index contributed by atoms with van der Waals surface area (Å²) in [7, 11) is -0.692. The maximum atomic E-state index is 10.4. The monoisotopic (exact) mass is 104 g/mol. The third-order valence-corrected chi connectivity index (χ3v) is 0. The Hall–Kier alpha value is 0.220. The van der Waals surface area contributed by atoms with E-state index in [4.69, 9.17) is 0 Å². The molecule has 0 aromatic carbocycles. The summed E-state index contributed by atoms with van der Waals surface area (Å²) in [6.45, 7) is 0. The summed E-state index contributed by atoms with van der Waals surface area (Å²) in [4.78, 5) is 0. The van der Waals surface area contributed by atoms with Gasteiger partial charge < -0.3 is 0 Å². The van der Waals surface area contributed by atoms with Crippen LogP contribution in [0.1, 0.15) is 0 Å². The third-order valence-electron chi connectivity index (χ3n) is 0. The second-order valence-electron chi connectivity index (χ2n) is 0.781. The second-order valence-corrected chi connectivity index (χ2v) is 1.92. The van der Waals surface area contributed by atoms with Gasteiger partial charge in [0.15, 0.2) is 0 Å². The summed E-state index contributed by atoms with van der Waals surface area (Å²) in [5.41, 5.74) is 0. The molecule has 0 spiro atoms. The van der Waals surface area contributed by atoms with E-state index in [0.717, 1.165) is 0 Å². The van der Waals surface area contributed by atoms with Crippen molar-refractivity contribution in [1.29, 1.82) is 0 Å². The molecule has 0 amide bonds. The van der Waals surface area contributed by atoms with E-state index in [-0.39, 0.29) is 0 Å². The van der Waals surface area contributed by atoms with E-state index in [1.807, 2.05) is 0 Å². The number of hydrogen-bond acceptors (Lipinski definition) is 0. The maximum absolute atomic E-state index is 10.4. The van der Waals surface area contributed by atoms with E-state index >= 15 is 0 Å². The summed E-state index contributed by atoms with van der Waals surface area (Å²) in [6.07, 6.45) is 0. The zero-order valence-corrected chi connectivity index (χ0v) is 4.63. The van der Waals surface area contributed by atoms with E-state index in [1.165, 1.54) is 0 Å². The van der Waals surface area contributed by atoms with Crippen LogP contribution in [0.5, 0.6) is 0 Å². The van der Waals surface area contributed by atoms with Gasteiger partial charge >= 0.3 is 28.3 Å². The van der Waals surface area contributed by atoms with Crippen LogP contribution in [0, 0.1) is 0 Å². The molecule has 0 saturated carbocycles. The molecule has 0 aromatic rings. The fourth-order valence-electron chi connectivity index (χ4n) is 0. The molecule has 0 bridgehead atoms. The molecule has 0 N–H and O–H groups in total. The van der Waals surface area contributed by atoms with Crippen LogP contribution in [0.15, 0.2) is 0 Å². The van der Waals surface area contributed by atoms with Gasteiger partial charge in [0, 0.05) is 0 Å². The van der Waals surface area contributed by atoms with Crippen LogP contribution in [-0.4, -0.2) is 5.92 Å². The van der Waals surface area contributed by atoms with E-state index in [2.05, 4.69) is 0 Å². The van der Waals surface area contributed by atoms with Gasteiger partial charge in [-0.1, -0.05) is 0 Å². The Morgan fingerprint density at radius 3 is 1.20 bits per heavy atom. The van der Waals surface area contributed by atoms with Gasteiger partial charge in [0.2, 0.25) is 0 Å². The van der Waals surface area contributed by atoms with Gasteiger partial charge in [-0.3, -0.25) is 0 Å². The van der Waals surface area contributed by atoms with Crippen molar-refractivity contribution in [1.82, 2.24) is 0 Å². The van der Waals surface area contributed by atoms with Crippen LogP contribution in [0.25, 0.3) is 0 Å². The molecule has 0 fully saturated rings. The SMILES string of the molecule is FC(F)(F)[PH4]. The average Bonchev–Trinajstić information content (AvgIpc) is 0.722. The van der Waals surface area contributed by atoms with Crippen molar-refractivity contribution in [3.8, 4) is 0 Å². The number of alkyl halides is 3. The summed E-state index contributed by atoms with van der Waals surface area (Å²) in [6, 6.07) is 0. The van der Waals surface area contributed by atoms with Crippen LogP contribution >= 0.6 is 9.24 Å². The molecule has 0 rings (SSSR count). The molecule has 0 radical (unpaired) electrons. The van der Waals surface area contributed by atoms with Crippen LogP contribution in [0.4, 0.5) is 13.2 Å². The molecular formula is CH4F3P. The summed E-state index contributed by atoms with van der Waals surface area (Å²) >= 11 is 0. The Labute approximate surface area is 29.6 Å². The van der Waals surface area contributed by atoms with Gasteiger partial charge in [-0.05, 0) is 0 Å². The molecule has 5 heavy (non-hydrogen) atoms. The Bertz CT molecular complexity index is 22.4. The Morgan fingerprint density at radius 1 is 1.20 bits per heavy atom. The quantitative estimate of drug-likeness (QED) is 0.399. The normalized spacial score (nSPS) is 12.2. The molecule has 0 nitrogen and oxygen atoms in total. The first-order valence-corrected chi connectivity index (χ1v) is 2.07. The van der Waals surface area contributed by atoms with Gasteiger partial charge in [-0.25, -0.2) is 0 Å². The molecule has 0 saturated heterocycles. The summed E-state index contributed by atoms with van der Waals surface area (Å²) in [5.74, 6) is -3.86.